The molecule has 0 bridgehead atoms. The molecule has 0 aliphatic carbocycles. The van der Waals surface area contributed by atoms with Crippen molar-refractivity contribution in [2.24, 2.45) is 10.3 Å². The maximum atomic E-state index is 13.1. The summed E-state index contributed by atoms with van der Waals surface area (Å²) in [5, 5.41) is 8.70. The number of rotatable bonds is 9. The highest BCUT2D eigenvalue weighted by Gasteiger charge is 2.19. The van der Waals surface area contributed by atoms with E-state index in [1.165, 1.54) is 13.8 Å². The Balaban J connectivity index is 1.62. The summed E-state index contributed by atoms with van der Waals surface area (Å²) in [5.74, 6) is -1.08. The zero-order valence-corrected chi connectivity index (χ0v) is 25.2. The molecule has 0 amide bonds. The molecule has 5 aromatic rings. The molecule has 0 saturated heterocycles. The Labute approximate surface area is 260 Å². The SMILES string of the molecule is CC(=O)O/N=C(/C)c1ccc(N(c2ccc(C(=O)c3ccccc3)cc2)c2ccc(/C(C)=N\OC(C)=O)c3ncccc23)cc1. The van der Waals surface area contributed by atoms with Gasteiger partial charge in [-0.3, -0.25) is 9.78 Å². The maximum Gasteiger partial charge on any atom is 0.331 e. The fraction of sp³-hybridized carbons (Fsp3) is 0.111. The second-order valence-electron chi connectivity index (χ2n) is 10.2. The molecule has 5 rings (SSSR count). The first-order valence-electron chi connectivity index (χ1n) is 14.2. The molecule has 1 heterocycles. The van der Waals surface area contributed by atoms with Crippen LogP contribution >= 0.6 is 0 Å². The van der Waals surface area contributed by atoms with Crippen LogP contribution < -0.4 is 4.90 Å². The topological polar surface area (TPSA) is 111 Å². The zero-order valence-electron chi connectivity index (χ0n) is 25.2. The summed E-state index contributed by atoms with van der Waals surface area (Å²) in [7, 11) is 0. The number of carbonyl (C=O) groups is 3. The molecular formula is C36H30N4O5. The lowest BCUT2D eigenvalue weighted by Gasteiger charge is -2.27. The van der Waals surface area contributed by atoms with E-state index in [4.69, 9.17) is 9.68 Å². The Bertz CT molecular complexity index is 1930. The third kappa shape index (κ3) is 7.00. The van der Waals surface area contributed by atoms with Gasteiger partial charge in [0.2, 0.25) is 0 Å². The van der Waals surface area contributed by atoms with E-state index in [1.807, 2.05) is 91.0 Å². The van der Waals surface area contributed by atoms with Crippen molar-refractivity contribution in [2.45, 2.75) is 27.7 Å². The number of nitrogens with zero attached hydrogens (tertiary/aromatic N) is 4. The summed E-state index contributed by atoms with van der Waals surface area (Å²) in [4.78, 5) is 52.2. The van der Waals surface area contributed by atoms with Crippen LogP contribution in [0.4, 0.5) is 17.1 Å². The number of carbonyl (C=O) groups excluding carboxylic acids is 3. The minimum Gasteiger partial charge on any atom is -0.318 e. The Morgan fingerprint density at radius 3 is 1.76 bits per heavy atom. The highest BCUT2D eigenvalue weighted by Crippen LogP contribution is 2.39. The Morgan fingerprint density at radius 1 is 0.600 bits per heavy atom. The van der Waals surface area contributed by atoms with Gasteiger partial charge in [-0.2, -0.15) is 0 Å². The molecule has 0 N–H and O–H groups in total. The van der Waals surface area contributed by atoms with Crippen molar-refractivity contribution < 1.29 is 24.1 Å². The van der Waals surface area contributed by atoms with Crippen molar-refractivity contribution in [3.63, 3.8) is 0 Å². The lowest BCUT2D eigenvalue weighted by atomic mass is 10.0. The second-order valence-corrected chi connectivity index (χ2v) is 10.2. The van der Waals surface area contributed by atoms with Gasteiger partial charge < -0.3 is 14.6 Å². The predicted octanol–water partition coefficient (Wildman–Crippen LogP) is 7.51. The summed E-state index contributed by atoms with van der Waals surface area (Å²) >= 11 is 0. The first-order chi connectivity index (χ1) is 21.7. The van der Waals surface area contributed by atoms with E-state index in [2.05, 4.69) is 20.2 Å². The van der Waals surface area contributed by atoms with Crippen molar-refractivity contribution in [1.82, 2.24) is 4.98 Å². The number of ketones is 1. The summed E-state index contributed by atoms with van der Waals surface area (Å²) in [5.41, 5.74) is 6.85. The smallest absolute Gasteiger partial charge is 0.318 e. The number of benzene rings is 4. The van der Waals surface area contributed by atoms with Gasteiger partial charge in [0.1, 0.15) is 0 Å². The Hall–Kier alpha value is -5.96. The Kier molecular flexibility index (Phi) is 9.19. The third-order valence-electron chi connectivity index (χ3n) is 6.97. The van der Waals surface area contributed by atoms with Gasteiger partial charge in [-0.05, 0) is 80.1 Å². The van der Waals surface area contributed by atoms with Gasteiger partial charge in [0.15, 0.2) is 5.78 Å². The highest BCUT2D eigenvalue weighted by molar-refractivity contribution is 6.12. The van der Waals surface area contributed by atoms with Crippen molar-refractivity contribution >= 4 is 57.1 Å². The van der Waals surface area contributed by atoms with Crippen LogP contribution in [-0.2, 0) is 19.3 Å². The molecule has 45 heavy (non-hydrogen) atoms. The van der Waals surface area contributed by atoms with E-state index in [0.717, 1.165) is 28.0 Å². The van der Waals surface area contributed by atoms with Crippen LogP contribution in [0.5, 0.6) is 0 Å². The van der Waals surface area contributed by atoms with Crippen LogP contribution in [0.2, 0.25) is 0 Å². The monoisotopic (exact) mass is 598 g/mol. The molecule has 224 valence electrons. The lowest BCUT2D eigenvalue weighted by molar-refractivity contribution is -0.141. The molecule has 0 atom stereocenters. The molecule has 0 radical (unpaired) electrons. The third-order valence-corrected chi connectivity index (χ3v) is 6.97. The number of hydrogen-bond acceptors (Lipinski definition) is 9. The van der Waals surface area contributed by atoms with E-state index in [1.54, 1.807) is 32.2 Å². The molecule has 0 unspecified atom stereocenters. The van der Waals surface area contributed by atoms with Gasteiger partial charge in [0, 0.05) is 53.5 Å². The van der Waals surface area contributed by atoms with Gasteiger partial charge in [0.25, 0.3) is 0 Å². The molecule has 0 saturated carbocycles. The minimum atomic E-state index is -0.514. The largest absolute Gasteiger partial charge is 0.331 e. The number of anilines is 3. The number of fused-ring (bicyclic) bond motifs is 1. The minimum absolute atomic E-state index is 0.0675. The van der Waals surface area contributed by atoms with Crippen molar-refractivity contribution in [3.05, 3.63) is 132 Å². The van der Waals surface area contributed by atoms with Crippen molar-refractivity contribution in [1.29, 1.82) is 0 Å². The van der Waals surface area contributed by atoms with Gasteiger partial charge in [0.05, 0.1) is 22.6 Å². The van der Waals surface area contributed by atoms with Crippen LogP contribution in [-0.4, -0.2) is 34.1 Å². The number of oxime groups is 2. The molecular weight excluding hydrogens is 568 g/mol. The number of hydrogen-bond donors (Lipinski definition) is 0. The Morgan fingerprint density at radius 2 is 1.16 bits per heavy atom. The number of pyridine rings is 1. The maximum absolute atomic E-state index is 13.1. The molecule has 0 spiro atoms. The van der Waals surface area contributed by atoms with Crippen LogP contribution in [0, 0.1) is 0 Å². The van der Waals surface area contributed by atoms with Crippen LogP contribution in [0.15, 0.2) is 120 Å². The lowest BCUT2D eigenvalue weighted by Crippen LogP contribution is -2.12. The van der Waals surface area contributed by atoms with E-state index < -0.39 is 11.9 Å². The molecule has 4 aromatic carbocycles. The zero-order chi connectivity index (χ0) is 31.9. The predicted molar refractivity (Wildman–Crippen MR) is 174 cm³/mol. The van der Waals surface area contributed by atoms with Gasteiger partial charge in [-0.1, -0.05) is 52.8 Å². The fourth-order valence-electron chi connectivity index (χ4n) is 4.81. The summed E-state index contributed by atoms with van der Waals surface area (Å²) < 4.78 is 0. The first-order valence-corrected chi connectivity index (χ1v) is 14.2. The molecule has 0 aliphatic rings. The quantitative estimate of drug-likeness (QED) is 0.0747. The summed E-state index contributed by atoms with van der Waals surface area (Å²) in [6, 6.07) is 31.9. The first kappa shape index (κ1) is 30.5. The fourth-order valence-corrected chi connectivity index (χ4v) is 4.81. The van der Waals surface area contributed by atoms with Gasteiger partial charge in [-0.15, -0.1) is 0 Å². The summed E-state index contributed by atoms with van der Waals surface area (Å²) in [6.45, 7) is 6.10. The molecule has 1 aromatic heterocycles. The van der Waals surface area contributed by atoms with Crippen LogP contribution in [0.1, 0.15) is 54.7 Å². The highest BCUT2D eigenvalue weighted by atomic mass is 16.7. The van der Waals surface area contributed by atoms with E-state index in [-0.39, 0.29) is 5.78 Å². The van der Waals surface area contributed by atoms with Gasteiger partial charge >= 0.3 is 11.9 Å². The number of aromatic nitrogens is 1. The van der Waals surface area contributed by atoms with Gasteiger partial charge in [-0.25, -0.2) is 9.59 Å². The van der Waals surface area contributed by atoms with E-state index in [0.29, 0.717) is 33.6 Å². The van der Waals surface area contributed by atoms with Crippen molar-refractivity contribution in [3.8, 4) is 0 Å². The van der Waals surface area contributed by atoms with Crippen LogP contribution in [0.3, 0.4) is 0 Å². The average Bonchev–Trinajstić information content (AvgIpc) is 3.07. The molecule has 0 aliphatic heterocycles. The molecule has 9 nitrogen and oxygen atoms in total. The average molecular weight is 599 g/mol. The summed E-state index contributed by atoms with van der Waals surface area (Å²) in [6.07, 6.45) is 1.70. The second kappa shape index (κ2) is 13.6. The molecule has 0 fully saturated rings. The van der Waals surface area contributed by atoms with Crippen LogP contribution in [0.25, 0.3) is 10.9 Å². The molecule has 9 heteroatoms. The normalized spacial score (nSPS) is 11.6. The van der Waals surface area contributed by atoms with Crippen molar-refractivity contribution in [2.75, 3.05) is 4.90 Å². The van der Waals surface area contributed by atoms with E-state index >= 15 is 0 Å². The van der Waals surface area contributed by atoms with E-state index in [9.17, 15) is 14.4 Å². The standard InChI is InChI=1S/C36H30N4O5/c1-23(38-44-25(3)41)27-12-16-30(17-13-27)40(31-18-14-29(15-19-31)36(43)28-9-6-5-7-10-28)34-21-20-32(24(2)39-45-26(4)42)35-33(34)11-8-22-37-35/h5-22H,1-4H3/b38-23-,39-24-.